The Balaban J connectivity index is 2.45. The van der Waals surface area contributed by atoms with Crippen molar-refractivity contribution in [1.82, 2.24) is 10.2 Å². The van der Waals surface area contributed by atoms with Crippen molar-refractivity contribution in [2.75, 3.05) is 7.05 Å². The van der Waals surface area contributed by atoms with Crippen molar-refractivity contribution in [1.29, 1.82) is 5.26 Å². The molecule has 2 N–H and O–H groups in total. The van der Waals surface area contributed by atoms with E-state index in [9.17, 15) is 9.59 Å². The zero-order valence-corrected chi connectivity index (χ0v) is 10.5. The number of rotatable bonds is 4. The molecule has 1 aliphatic rings. The summed E-state index contributed by atoms with van der Waals surface area (Å²) in [5, 5.41) is 20.1. The third-order valence-corrected chi connectivity index (χ3v) is 3.08. The van der Waals surface area contributed by atoms with Crippen LogP contribution in [0, 0.1) is 17.2 Å². The number of hydrogen-bond donors (Lipinski definition) is 2. The van der Waals surface area contributed by atoms with Gasteiger partial charge in [-0.05, 0) is 13.3 Å². The molecular weight excluding hydrogens is 234 g/mol. The Kier molecular flexibility index (Phi) is 4.72. The highest BCUT2D eigenvalue weighted by atomic mass is 16.4. The van der Waals surface area contributed by atoms with Gasteiger partial charge in [0.1, 0.15) is 0 Å². The molecule has 0 bridgehead atoms. The van der Waals surface area contributed by atoms with Gasteiger partial charge in [0.25, 0.3) is 0 Å². The van der Waals surface area contributed by atoms with Crippen LogP contribution in [0.4, 0.5) is 4.79 Å². The average Bonchev–Trinajstić information content (AvgIpc) is 2.77. The molecule has 0 radical (unpaired) electrons. The van der Waals surface area contributed by atoms with Crippen LogP contribution in [0.1, 0.15) is 19.8 Å². The number of carboxylic acid groups (broad SMARTS) is 1. The average molecular weight is 251 g/mol. The summed E-state index contributed by atoms with van der Waals surface area (Å²) in [6, 6.07) is 1.29. The molecule has 98 valence electrons. The Bertz CT molecular complexity index is 400. The third kappa shape index (κ3) is 3.48. The zero-order valence-electron chi connectivity index (χ0n) is 10.5. The summed E-state index contributed by atoms with van der Waals surface area (Å²) in [7, 11) is 1.62. The molecule has 0 saturated carbocycles. The first-order chi connectivity index (χ1) is 8.45. The number of carbonyl (C=O) groups excluding carboxylic acids is 1. The Hall–Kier alpha value is -2.03. The molecule has 1 rings (SSSR count). The van der Waals surface area contributed by atoms with E-state index in [1.54, 1.807) is 26.1 Å². The summed E-state index contributed by atoms with van der Waals surface area (Å²) < 4.78 is 0. The molecule has 0 heterocycles. The topological polar surface area (TPSA) is 93.4 Å². The van der Waals surface area contributed by atoms with Crippen molar-refractivity contribution in [3.8, 4) is 6.07 Å². The Morgan fingerprint density at radius 3 is 2.78 bits per heavy atom. The smallest absolute Gasteiger partial charge is 0.317 e. The maximum Gasteiger partial charge on any atom is 0.317 e. The number of nitrogens with one attached hydrogen (secondary N) is 1. The summed E-state index contributed by atoms with van der Waals surface area (Å²) in [5.74, 6) is -1.41. The van der Waals surface area contributed by atoms with Crippen LogP contribution in [-0.2, 0) is 4.79 Å². The number of amides is 2. The normalized spacial score (nSPS) is 23.2. The van der Waals surface area contributed by atoms with E-state index in [0.717, 1.165) is 0 Å². The van der Waals surface area contributed by atoms with Gasteiger partial charge in [0.2, 0.25) is 0 Å². The summed E-state index contributed by atoms with van der Waals surface area (Å²) in [5.41, 5.74) is 0. The summed E-state index contributed by atoms with van der Waals surface area (Å²) in [4.78, 5) is 24.0. The third-order valence-electron chi connectivity index (χ3n) is 3.08. The van der Waals surface area contributed by atoms with E-state index in [1.807, 2.05) is 6.07 Å². The molecule has 0 spiro atoms. The van der Waals surface area contributed by atoms with Crippen LogP contribution in [0.2, 0.25) is 0 Å². The highest BCUT2D eigenvalue weighted by molar-refractivity contribution is 5.76. The van der Waals surface area contributed by atoms with Crippen LogP contribution in [0.3, 0.4) is 0 Å². The van der Waals surface area contributed by atoms with Gasteiger partial charge in [-0.3, -0.25) is 4.79 Å². The number of carbonyl (C=O) groups is 2. The molecule has 2 amide bonds. The van der Waals surface area contributed by atoms with Crippen molar-refractivity contribution >= 4 is 12.0 Å². The number of aliphatic carboxylic acids is 1. The fourth-order valence-corrected chi connectivity index (χ4v) is 1.72. The maximum absolute atomic E-state index is 11.8. The fourth-order valence-electron chi connectivity index (χ4n) is 1.72. The summed E-state index contributed by atoms with van der Waals surface area (Å²) in [6.07, 6.45) is 3.93. The number of carboxylic acids is 1. The molecule has 0 aromatic rings. The predicted molar refractivity (Wildman–Crippen MR) is 64.7 cm³/mol. The van der Waals surface area contributed by atoms with Crippen molar-refractivity contribution in [2.45, 2.75) is 31.8 Å². The number of nitrogens with zero attached hydrogens (tertiary/aromatic N) is 2. The molecule has 3 atom stereocenters. The number of hydrogen-bond acceptors (Lipinski definition) is 3. The Morgan fingerprint density at radius 1 is 1.61 bits per heavy atom. The molecule has 0 aliphatic heterocycles. The van der Waals surface area contributed by atoms with Gasteiger partial charge < -0.3 is 15.3 Å². The highest BCUT2D eigenvalue weighted by Gasteiger charge is 2.26. The van der Waals surface area contributed by atoms with Crippen molar-refractivity contribution in [3.05, 3.63) is 12.2 Å². The van der Waals surface area contributed by atoms with E-state index in [2.05, 4.69) is 5.32 Å². The fraction of sp³-hybridized carbons (Fsp3) is 0.583. The molecule has 0 saturated heterocycles. The lowest BCUT2D eigenvalue weighted by Crippen LogP contribution is -2.45. The van der Waals surface area contributed by atoms with Gasteiger partial charge in [-0.1, -0.05) is 12.2 Å². The van der Waals surface area contributed by atoms with Gasteiger partial charge in [0.05, 0.1) is 24.4 Å². The molecule has 1 aliphatic carbocycles. The van der Waals surface area contributed by atoms with Crippen LogP contribution in [-0.4, -0.2) is 41.1 Å². The maximum atomic E-state index is 11.8. The Morgan fingerprint density at radius 2 is 2.28 bits per heavy atom. The largest absolute Gasteiger partial charge is 0.481 e. The van der Waals surface area contributed by atoms with E-state index in [1.165, 1.54) is 4.90 Å². The molecule has 3 unspecified atom stereocenters. The lowest BCUT2D eigenvalue weighted by Gasteiger charge is -2.25. The monoisotopic (exact) mass is 251 g/mol. The molecular formula is C12H17N3O3. The molecule has 0 fully saturated rings. The van der Waals surface area contributed by atoms with Gasteiger partial charge in [-0.2, -0.15) is 5.26 Å². The standard InChI is InChI=1S/C12H17N3O3/c1-8(5-6-13)15(2)12(18)14-10-4-3-9(7-10)11(16)17/h3-4,8-10H,5,7H2,1-2H3,(H,14,18)(H,16,17). The van der Waals surface area contributed by atoms with Crippen LogP contribution in [0.5, 0.6) is 0 Å². The second kappa shape index (κ2) is 6.05. The molecule has 6 heteroatoms. The van der Waals surface area contributed by atoms with E-state index in [4.69, 9.17) is 10.4 Å². The van der Waals surface area contributed by atoms with Gasteiger partial charge in [0, 0.05) is 13.1 Å². The summed E-state index contributed by atoms with van der Waals surface area (Å²) in [6.45, 7) is 1.79. The molecule has 0 aromatic heterocycles. The second-order valence-corrected chi connectivity index (χ2v) is 4.44. The minimum Gasteiger partial charge on any atom is -0.481 e. The SMILES string of the molecule is CC(CC#N)N(C)C(=O)NC1C=CC(C(=O)O)C1. The Labute approximate surface area is 106 Å². The van der Waals surface area contributed by atoms with Crippen molar-refractivity contribution in [3.63, 3.8) is 0 Å². The highest BCUT2D eigenvalue weighted by Crippen LogP contribution is 2.18. The van der Waals surface area contributed by atoms with Gasteiger partial charge >= 0.3 is 12.0 Å². The zero-order chi connectivity index (χ0) is 13.7. The van der Waals surface area contributed by atoms with E-state index in [-0.39, 0.29) is 24.5 Å². The minimum atomic E-state index is -0.880. The van der Waals surface area contributed by atoms with Gasteiger partial charge in [-0.25, -0.2) is 4.79 Å². The van der Waals surface area contributed by atoms with Crippen LogP contribution in [0.25, 0.3) is 0 Å². The summed E-state index contributed by atoms with van der Waals surface area (Å²) >= 11 is 0. The van der Waals surface area contributed by atoms with Crippen molar-refractivity contribution < 1.29 is 14.7 Å². The first kappa shape index (κ1) is 14.0. The lowest BCUT2D eigenvalue weighted by atomic mass is 10.1. The molecule has 6 nitrogen and oxygen atoms in total. The van der Waals surface area contributed by atoms with Crippen LogP contribution < -0.4 is 5.32 Å². The van der Waals surface area contributed by atoms with E-state index >= 15 is 0 Å². The van der Waals surface area contributed by atoms with E-state index in [0.29, 0.717) is 6.42 Å². The quantitative estimate of drug-likeness (QED) is 0.728. The van der Waals surface area contributed by atoms with Gasteiger partial charge in [0.15, 0.2) is 0 Å². The molecule has 0 aromatic carbocycles. The first-order valence-corrected chi connectivity index (χ1v) is 5.77. The second-order valence-electron chi connectivity index (χ2n) is 4.44. The van der Waals surface area contributed by atoms with Gasteiger partial charge in [-0.15, -0.1) is 0 Å². The first-order valence-electron chi connectivity index (χ1n) is 5.77. The minimum absolute atomic E-state index is 0.171. The van der Waals surface area contributed by atoms with Crippen LogP contribution >= 0.6 is 0 Å². The number of nitriles is 1. The predicted octanol–water partition coefficient (Wildman–Crippen LogP) is 0.959. The van der Waals surface area contributed by atoms with Crippen LogP contribution in [0.15, 0.2) is 12.2 Å². The molecule has 18 heavy (non-hydrogen) atoms. The van der Waals surface area contributed by atoms with Crippen molar-refractivity contribution in [2.24, 2.45) is 5.92 Å². The van der Waals surface area contributed by atoms with E-state index < -0.39 is 11.9 Å². The number of urea groups is 1. The lowest BCUT2D eigenvalue weighted by molar-refractivity contribution is -0.140.